The summed E-state index contributed by atoms with van der Waals surface area (Å²) in [5.41, 5.74) is 10.7. The number of nitrogens with zero attached hydrogens (tertiary/aromatic N) is 8. The van der Waals surface area contributed by atoms with Crippen molar-refractivity contribution in [3.8, 4) is 11.4 Å². The predicted octanol–water partition coefficient (Wildman–Crippen LogP) is 1.67. The molecule has 4 rings (SSSR count). The molecule has 2 saturated heterocycles. The number of halogens is 2. The zero-order valence-corrected chi connectivity index (χ0v) is 21.1. The molecule has 0 atom stereocenters. The van der Waals surface area contributed by atoms with E-state index < -0.39 is 12.1 Å². The second kappa shape index (κ2) is 12.0. The van der Waals surface area contributed by atoms with E-state index in [1.807, 2.05) is 14.7 Å². The van der Waals surface area contributed by atoms with E-state index in [2.05, 4.69) is 31.5 Å². The number of carbonyl (C=O) groups excluding carboxylic acids is 2. The summed E-state index contributed by atoms with van der Waals surface area (Å²) in [4.78, 5) is 49.8. The molecular formula is C24H32F2N10O2. The van der Waals surface area contributed by atoms with Gasteiger partial charge in [-0.3, -0.25) is 9.59 Å². The molecule has 2 aromatic rings. The highest BCUT2D eigenvalue weighted by atomic mass is 19.3. The number of nitrogen functional groups attached to an aromatic ring is 2. The Hall–Kier alpha value is -3.97. The van der Waals surface area contributed by atoms with Gasteiger partial charge in [-0.15, -0.1) is 0 Å². The maximum atomic E-state index is 13.5. The quantitative estimate of drug-likeness (QED) is 0.481. The van der Waals surface area contributed by atoms with Gasteiger partial charge < -0.3 is 26.2 Å². The highest BCUT2D eigenvalue weighted by molar-refractivity contribution is 5.87. The molecule has 0 saturated carbocycles. The number of piperidine rings is 1. The van der Waals surface area contributed by atoms with Gasteiger partial charge in [0.25, 0.3) is 6.43 Å². The standard InChI is InChI=1S/C24H32F2N10O2/c1-2-17(37)34-8-6-15(7-9-34)4-3-5-18(38)35-10-12-36(13-11-35)24-32-21(31-23(28)33-24)16-14-29-22(27)30-19(16)20(25)26/h2,14-15,20H,1,3-13H2,(H2,27,29,30)(H2,28,31,32,33). The molecule has 0 radical (unpaired) electrons. The third-order valence-electron chi connectivity index (χ3n) is 6.94. The van der Waals surface area contributed by atoms with Crippen LogP contribution in [0.3, 0.4) is 0 Å². The molecule has 0 bridgehead atoms. The van der Waals surface area contributed by atoms with Gasteiger partial charge in [0.05, 0.1) is 5.56 Å². The number of piperazine rings is 1. The zero-order chi connectivity index (χ0) is 27.2. The van der Waals surface area contributed by atoms with Gasteiger partial charge in [-0.05, 0) is 37.7 Å². The molecule has 204 valence electrons. The van der Waals surface area contributed by atoms with Crippen molar-refractivity contribution in [3.63, 3.8) is 0 Å². The largest absolute Gasteiger partial charge is 0.368 e. The van der Waals surface area contributed by atoms with Gasteiger partial charge in [-0.25, -0.2) is 18.7 Å². The lowest BCUT2D eigenvalue weighted by Crippen LogP contribution is -2.49. The second-order valence-corrected chi connectivity index (χ2v) is 9.38. The van der Waals surface area contributed by atoms with Crippen LogP contribution >= 0.6 is 0 Å². The molecule has 0 spiro atoms. The van der Waals surface area contributed by atoms with Crippen molar-refractivity contribution < 1.29 is 18.4 Å². The van der Waals surface area contributed by atoms with Crippen molar-refractivity contribution in [2.24, 2.45) is 5.92 Å². The molecule has 2 aliphatic heterocycles. The molecule has 14 heteroatoms. The smallest absolute Gasteiger partial charge is 0.281 e. The van der Waals surface area contributed by atoms with Crippen LogP contribution in [-0.4, -0.2) is 85.8 Å². The number of hydrogen-bond donors (Lipinski definition) is 2. The molecule has 4 heterocycles. The van der Waals surface area contributed by atoms with Crippen LogP contribution < -0.4 is 16.4 Å². The van der Waals surface area contributed by atoms with E-state index in [1.54, 1.807) is 0 Å². The van der Waals surface area contributed by atoms with E-state index in [1.165, 1.54) is 6.08 Å². The van der Waals surface area contributed by atoms with Crippen LogP contribution in [0.1, 0.15) is 44.2 Å². The van der Waals surface area contributed by atoms with Crippen molar-refractivity contribution in [3.05, 3.63) is 24.5 Å². The van der Waals surface area contributed by atoms with Gasteiger partial charge in [-0.1, -0.05) is 6.58 Å². The normalized spacial score (nSPS) is 16.7. The fourth-order valence-electron chi connectivity index (χ4n) is 4.82. The van der Waals surface area contributed by atoms with Gasteiger partial charge in [-0.2, -0.15) is 15.0 Å². The van der Waals surface area contributed by atoms with Crippen molar-refractivity contribution in [1.29, 1.82) is 0 Å². The Kier molecular flexibility index (Phi) is 8.59. The highest BCUT2D eigenvalue weighted by Gasteiger charge is 2.26. The van der Waals surface area contributed by atoms with Crippen LogP contribution in [0.4, 0.5) is 26.6 Å². The van der Waals surface area contributed by atoms with E-state index in [4.69, 9.17) is 11.5 Å². The number of amides is 2. The summed E-state index contributed by atoms with van der Waals surface area (Å²) in [5, 5.41) is 0. The number of nitrogens with two attached hydrogens (primary N) is 2. The molecule has 4 N–H and O–H groups in total. The van der Waals surface area contributed by atoms with Crippen LogP contribution in [0.15, 0.2) is 18.9 Å². The SMILES string of the molecule is C=CC(=O)N1CCC(CCCC(=O)N2CCN(c3nc(N)nc(-c4cnc(N)nc4C(F)F)n3)CC2)CC1. The summed E-state index contributed by atoms with van der Waals surface area (Å²) in [6.07, 6.45) is 3.74. The summed E-state index contributed by atoms with van der Waals surface area (Å²) < 4.78 is 27.0. The molecule has 0 aromatic carbocycles. The molecule has 38 heavy (non-hydrogen) atoms. The van der Waals surface area contributed by atoms with Gasteiger partial charge >= 0.3 is 0 Å². The van der Waals surface area contributed by atoms with Crippen molar-refractivity contribution in [1.82, 2.24) is 34.7 Å². The first-order valence-electron chi connectivity index (χ1n) is 12.6. The van der Waals surface area contributed by atoms with E-state index in [9.17, 15) is 18.4 Å². The first-order chi connectivity index (χ1) is 18.2. The number of anilines is 3. The van der Waals surface area contributed by atoms with Crippen LogP contribution in [0.25, 0.3) is 11.4 Å². The van der Waals surface area contributed by atoms with Crippen molar-refractivity contribution in [2.75, 3.05) is 55.6 Å². The molecule has 2 fully saturated rings. The first kappa shape index (κ1) is 27.1. The maximum Gasteiger partial charge on any atom is 0.281 e. The summed E-state index contributed by atoms with van der Waals surface area (Å²) in [7, 11) is 0. The maximum absolute atomic E-state index is 13.5. The Morgan fingerprint density at radius 3 is 2.37 bits per heavy atom. The molecule has 2 aromatic heterocycles. The number of hydrogen-bond acceptors (Lipinski definition) is 10. The molecule has 2 aliphatic rings. The Labute approximate surface area is 219 Å². The lowest BCUT2D eigenvalue weighted by Gasteiger charge is -2.35. The third kappa shape index (κ3) is 6.47. The molecule has 12 nitrogen and oxygen atoms in total. The van der Waals surface area contributed by atoms with Gasteiger partial charge in [0, 0.05) is 51.9 Å². The summed E-state index contributed by atoms with van der Waals surface area (Å²) in [5.74, 6) is 0.358. The highest BCUT2D eigenvalue weighted by Crippen LogP contribution is 2.29. The fourth-order valence-corrected chi connectivity index (χ4v) is 4.82. The van der Waals surface area contributed by atoms with Crippen LogP contribution in [-0.2, 0) is 9.59 Å². The number of carbonyl (C=O) groups is 2. The molecule has 2 amide bonds. The number of likely N-dealkylation sites (tertiary alicyclic amines) is 1. The van der Waals surface area contributed by atoms with Crippen molar-refractivity contribution in [2.45, 2.75) is 38.5 Å². The predicted molar refractivity (Wildman–Crippen MR) is 137 cm³/mol. The Morgan fingerprint density at radius 1 is 1.00 bits per heavy atom. The van der Waals surface area contributed by atoms with Gasteiger partial charge in [0.1, 0.15) is 5.69 Å². The van der Waals surface area contributed by atoms with Crippen LogP contribution in [0.2, 0.25) is 0 Å². The summed E-state index contributed by atoms with van der Waals surface area (Å²) in [6.45, 7) is 6.90. The average molecular weight is 531 g/mol. The number of alkyl halides is 2. The summed E-state index contributed by atoms with van der Waals surface area (Å²) in [6, 6.07) is 0. The van der Waals surface area contributed by atoms with Crippen LogP contribution in [0.5, 0.6) is 0 Å². The summed E-state index contributed by atoms with van der Waals surface area (Å²) >= 11 is 0. The fraction of sp³-hybridized carbons (Fsp3) is 0.542. The average Bonchev–Trinajstić information content (AvgIpc) is 2.92. The van der Waals surface area contributed by atoms with Crippen molar-refractivity contribution >= 4 is 29.7 Å². The van der Waals surface area contributed by atoms with E-state index in [0.29, 0.717) is 38.5 Å². The van der Waals surface area contributed by atoms with Gasteiger partial charge in [0.2, 0.25) is 29.7 Å². The molecule has 0 unspecified atom stereocenters. The second-order valence-electron chi connectivity index (χ2n) is 9.38. The minimum atomic E-state index is -2.90. The number of rotatable bonds is 8. The zero-order valence-electron chi connectivity index (χ0n) is 21.1. The molecular weight excluding hydrogens is 498 g/mol. The lowest BCUT2D eigenvalue weighted by molar-refractivity contribution is -0.131. The van der Waals surface area contributed by atoms with E-state index in [-0.39, 0.29) is 41.0 Å². The topological polar surface area (TPSA) is 160 Å². The van der Waals surface area contributed by atoms with Gasteiger partial charge in [0.15, 0.2) is 5.82 Å². The minimum Gasteiger partial charge on any atom is -0.368 e. The Morgan fingerprint density at radius 2 is 1.71 bits per heavy atom. The Bertz CT molecular complexity index is 1160. The molecule has 0 aliphatic carbocycles. The van der Waals surface area contributed by atoms with E-state index >= 15 is 0 Å². The van der Waals surface area contributed by atoms with Crippen LogP contribution in [0, 0.1) is 5.92 Å². The monoisotopic (exact) mass is 530 g/mol. The third-order valence-corrected chi connectivity index (χ3v) is 6.94. The van der Waals surface area contributed by atoms with E-state index in [0.717, 1.165) is 45.0 Å². The minimum absolute atomic E-state index is 0.0222. The number of aromatic nitrogens is 5. The Balaban J connectivity index is 1.29. The lowest BCUT2D eigenvalue weighted by atomic mass is 9.91. The first-order valence-corrected chi connectivity index (χ1v) is 12.6.